The summed E-state index contributed by atoms with van der Waals surface area (Å²) in [5, 5.41) is 19.9. The molecule has 0 aliphatic heterocycles. The van der Waals surface area contributed by atoms with Crippen molar-refractivity contribution in [2.45, 2.75) is 6.54 Å². The molecule has 1 aromatic carbocycles. The number of hydrogen-bond acceptors (Lipinski definition) is 5. The number of aromatic nitrogens is 4. The van der Waals surface area contributed by atoms with E-state index < -0.39 is 0 Å². The number of nitrogens with zero attached hydrogens (tertiary/aromatic N) is 6. The predicted molar refractivity (Wildman–Crippen MR) is 65.8 cm³/mol. The Morgan fingerprint density at radius 2 is 2.32 bits per heavy atom. The number of hydrogen-bond donors (Lipinski definition) is 0. The van der Waals surface area contributed by atoms with Gasteiger partial charge in [-0.1, -0.05) is 6.07 Å². The lowest BCUT2D eigenvalue weighted by Gasteiger charge is -2.16. The molecule has 7 nitrogen and oxygen atoms in total. The van der Waals surface area contributed by atoms with Crippen LogP contribution in [0.4, 0.5) is 0 Å². The fourth-order valence-electron chi connectivity index (χ4n) is 1.61. The van der Waals surface area contributed by atoms with Gasteiger partial charge in [-0.15, -0.1) is 5.10 Å². The van der Waals surface area contributed by atoms with Gasteiger partial charge in [-0.05, 0) is 28.6 Å². The van der Waals surface area contributed by atoms with Crippen LogP contribution in [0, 0.1) is 11.3 Å². The predicted octanol–water partition coefficient (Wildman–Crippen LogP) is 0.354. The molecule has 0 fully saturated rings. The van der Waals surface area contributed by atoms with Crippen molar-refractivity contribution in [3.63, 3.8) is 0 Å². The number of rotatable bonds is 3. The molecule has 0 atom stereocenters. The van der Waals surface area contributed by atoms with Crippen LogP contribution >= 0.6 is 0 Å². The first kappa shape index (κ1) is 12.7. The highest BCUT2D eigenvalue weighted by Crippen LogP contribution is 2.08. The molecule has 0 radical (unpaired) electrons. The van der Waals surface area contributed by atoms with Crippen molar-refractivity contribution in [1.82, 2.24) is 25.1 Å². The second-order valence-electron chi connectivity index (χ2n) is 4.07. The van der Waals surface area contributed by atoms with Gasteiger partial charge in [0.2, 0.25) is 0 Å². The molecule has 0 spiro atoms. The highest BCUT2D eigenvalue weighted by molar-refractivity contribution is 5.94. The van der Waals surface area contributed by atoms with Gasteiger partial charge in [0.1, 0.15) is 0 Å². The number of carbonyl (C=O) groups is 1. The van der Waals surface area contributed by atoms with E-state index in [1.807, 2.05) is 6.07 Å². The van der Waals surface area contributed by atoms with Crippen molar-refractivity contribution >= 4 is 5.91 Å². The number of benzene rings is 1. The first-order valence-corrected chi connectivity index (χ1v) is 5.58. The van der Waals surface area contributed by atoms with Crippen molar-refractivity contribution in [3.05, 3.63) is 41.2 Å². The Morgan fingerprint density at radius 3 is 2.95 bits per heavy atom. The summed E-state index contributed by atoms with van der Waals surface area (Å²) in [6, 6.07) is 8.59. The number of nitriles is 1. The molecule has 0 unspecified atom stereocenters. The topological polar surface area (TPSA) is 87.7 Å². The van der Waals surface area contributed by atoms with Crippen LogP contribution in [0.25, 0.3) is 0 Å². The normalized spacial score (nSPS) is 9.95. The molecular formula is C12H12N6O. The zero-order valence-electron chi connectivity index (χ0n) is 10.6. The Kier molecular flexibility index (Phi) is 3.52. The van der Waals surface area contributed by atoms with E-state index in [0.717, 1.165) is 0 Å². The van der Waals surface area contributed by atoms with Crippen molar-refractivity contribution in [3.8, 4) is 6.07 Å². The fraction of sp³-hybridized carbons (Fsp3) is 0.250. The number of tetrazole rings is 1. The van der Waals surface area contributed by atoms with E-state index in [1.165, 1.54) is 9.58 Å². The maximum Gasteiger partial charge on any atom is 0.254 e. The summed E-state index contributed by atoms with van der Waals surface area (Å²) >= 11 is 0. The molecule has 0 saturated heterocycles. The Hall–Kier alpha value is -2.75. The van der Waals surface area contributed by atoms with Gasteiger partial charge in [-0.2, -0.15) is 5.26 Å². The minimum atomic E-state index is -0.180. The third-order valence-corrected chi connectivity index (χ3v) is 2.67. The second kappa shape index (κ2) is 5.27. The zero-order valence-corrected chi connectivity index (χ0v) is 10.6. The quantitative estimate of drug-likeness (QED) is 0.790. The summed E-state index contributed by atoms with van der Waals surface area (Å²) in [4.78, 5) is 13.7. The van der Waals surface area contributed by atoms with Crippen molar-refractivity contribution in [2.24, 2.45) is 7.05 Å². The molecule has 19 heavy (non-hydrogen) atoms. The van der Waals surface area contributed by atoms with E-state index in [0.29, 0.717) is 23.5 Å². The van der Waals surface area contributed by atoms with Gasteiger partial charge in [0.05, 0.1) is 18.2 Å². The average molecular weight is 256 g/mol. The molecule has 2 aromatic rings. The molecule has 0 aliphatic rings. The third-order valence-electron chi connectivity index (χ3n) is 2.67. The van der Waals surface area contributed by atoms with Crippen LogP contribution < -0.4 is 0 Å². The minimum absolute atomic E-state index is 0.180. The lowest BCUT2D eigenvalue weighted by Crippen LogP contribution is -2.27. The molecule has 0 N–H and O–H groups in total. The fourth-order valence-corrected chi connectivity index (χ4v) is 1.61. The van der Waals surface area contributed by atoms with E-state index in [4.69, 9.17) is 5.26 Å². The average Bonchev–Trinajstić information content (AvgIpc) is 2.83. The maximum absolute atomic E-state index is 12.2. The van der Waals surface area contributed by atoms with Gasteiger partial charge >= 0.3 is 0 Å². The van der Waals surface area contributed by atoms with E-state index >= 15 is 0 Å². The second-order valence-corrected chi connectivity index (χ2v) is 4.07. The van der Waals surface area contributed by atoms with Gasteiger partial charge in [0.15, 0.2) is 5.82 Å². The van der Waals surface area contributed by atoms with Gasteiger partial charge in [-0.25, -0.2) is 4.68 Å². The summed E-state index contributed by atoms with van der Waals surface area (Å²) in [7, 11) is 3.38. The lowest BCUT2D eigenvalue weighted by molar-refractivity contribution is 0.0780. The SMILES string of the molecule is CN(Cc1nnnn1C)C(=O)c1cccc(C#N)c1. The Morgan fingerprint density at radius 1 is 1.53 bits per heavy atom. The summed E-state index contributed by atoms with van der Waals surface area (Å²) in [6.07, 6.45) is 0. The molecule has 1 aromatic heterocycles. The van der Waals surface area contributed by atoms with Crippen LogP contribution in [0.2, 0.25) is 0 Å². The molecular weight excluding hydrogens is 244 g/mol. The molecule has 1 amide bonds. The van der Waals surface area contributed by atoms with E-state index in [1.54, 1.807) is 38.4 Å². The standard InChI is InChI=1S/C12H12N6O/c1-17(8-11-14-15-16-18(11)2)12(19)10-5-3-4-9(6-10)7-13/h3-6H,8H2,1-2H3. The summed E-state index contributed by atoms with van der Waals surface area (Å²) < 4.78 is 1.51. The van der Waals surface area contributed by atoms with Crippen LogP contribution in [0.15, 0.2) is 24.3 Å². The van der Waals surface area contributed by atoms with E-state index in [2.05, 4.69) is 15.5 Å². The molecule has 7 heteroatoms. The highest BCUT2D eigenvalue weighted by atomic mass is 16.2. The monoisotopic (exact) mass is 256 g/mol. The lowest BCUT2D eigenvalue weighted by atomic mass is 10.1. The summed E-state index contributed by atoms with van der Waals surface area (Å²) in [6.45, 7) is 0.305. The number of amides is 1. The minimum Gasteiger partial charge on any atom is -0.334 e. The van der Waals surface area contributed by atoms with Gasteiger partial charge < -0.3 is 4.90 Å². The van der Waals surface area contributed by atoms with Gasteiger partial charge in [-0.3, -0.25) is 4.79 Å². The smallest absolute Gasteiger partial charge is 0.254 e. The highest BCUT2D eigenvalue weighted by Gasteiger charge is 2.15. The van der Waals surface area contributed by atoms with Crippen molar-refractivity contribution < 1.29 is 4.79 Å². The van der Waals surface area contributed by atoms with Gasteiger partial charge in [0, 0.05) is 19.7 Å². The molecule has 96 valence electrons. The molecule has 0 saturated carbocycles. The largest absolute Gasteiger partial charge is 0.334 e. The third kappa shape index (κ3) is 2.74. The van der Waals surface area contributed by atoms with Crippen LogP contribution in [-0.4, -0.2) is 38.1 Å². The molecule has 0 aliphatic carbocycles. The molecule has 1 heterocycles. The summed E-state index contributed by atoms with van der Waals surface area (Å²) in [5.41, 5.74) is 0.927. The number of carbonyl (C=O) groups excluding carboxylic acids is 1. The van der Waals surface area contributed by atoms with Crippen LogP contribution in [0.5, 0.6) is 0 Å². The van der Waals surface area contributed by atoms with Crippen LogP contribution in [-0.2, 0) is 13.6 Å². The first-order chi connectivity index (χ1) is 9.11. The van der Waals surface area contributed by atoms with Gasteiger partial charge in [0.25, 0.3) is 5.91 Å². The van der Waals surface area contributed by atoms with Crippen molar-refractivity contribution in [2.75, 3.05) is 7.05 Å². The number of aryl methyl sites for hydroxylation is 1. The summed E-state index contributed by atoms with van der Waals surface area (Å²) in [5.74, 6) is 0.410. The van der Waals surface area contributed by atoms with Crippen LogP contribution in [0.3, 0.4) is 0 Å². The Labute approximate surface area is 110 Å². The van der Waals surface area contributed by atoms with E-state index in [9.17, 15) is 4.79 Å². The van der Waals surface area contributed by atoms with Crippen molar-refractivity contribution in [1.29, 1.82) is 5.26 Å². The Bertz CT molecular complexity index is 642. The van der Waals surface area contributed by atoms with E-state index in [-0.39, 0.29) is 5.91 Å². The zero-order chi connectivity index (χ0) is 13.8. The Balaban J connectivity index is 2.15. The molecule has 0 bridgehead atoms. The first-order valence-electron chi connectivity index (χ1n) is 5.58. The molecule has 2 rings (SSSR count). The van der Waals surface area contributed by atoms with Crippen LogP contribution in [0.1, 0.15) is 21.7 Å². The maximum atomic E-state index is 12.2.